The van der Waals surface area contributed by atoms with E-state index in [0.717, 1.165) is 31.3 Å². The van der Waals surface area contributed by atoms with Crippen LogP contribution in [0.2, 0.25) is 0 Å². The second kappa shape index (κ2) is 5.48. The zero-order valence-corrected chi connectivity index (χ0v) is 10.7. The van der Waals surface area contributed by atoms with Gasteiger partial charge in [0, 0.05) is 18.6 Å². The number of hydrogen-bond donors (Lipinski definition) is 2. The third kappa shape index (κ3) is 3.19. The Kier molecular flexibility index (Phi) is 4.22. The first-order valence-electron chi connectivity index (χ1n) is 6.77. The lowest BCUT2D eigenvalue weighted by Crippen LogP contribution is -2.36. The maximum absolute atomic E-state index is 9.45. The lowest BCUT2D eigenvalue weighted by atomic mass is 9.87. The van der Waals surface area contributed by atoms with Crippen LogP contribution in [0, 0.1) is 5.92 Å². The highest BCUT2D eigenvalue weighted by Crippen LogP contribution is 2.24. The van der Waals surface area contributed by atoms with Crippen molar-refractivity contribution in [3.05, 3.63) is 0 Å². The molecule has 0 aromatic carbocycles. The SMILES string of the molecule is CC1CC(NCC2CCC(O)CC2)CN1C. The standard InChI is InChI=1S/C13H26N2O/c1-10-7-12(9-15(10)2)14-8-11-3-5-13(16)6-4-11/h10-14,16H,3-9H2,1-2H3. The summed E-state index contributed by atoms with van der Waals surface area (Å²) in [7, 11) is 2.21. The minimum atomic E-state index is -0.0195. The molecule has 1 saturated heterocycles. The summed E-state index contributed by atoms with van der Waals surface area (Å²) in [5, 5.41) is 13.2. The molecule has 0 amide bonds. The predicted molar refractivity (Wildman–Crippen MR) is 66.5 cm³/mol. The van der Waals surface area contributed by atoms with Gasteiger partial charge in [0.1, 0.15) is 0 Å². The number of aliphatic hydroxyl groups is 1. The Balaban J connectivity index is 1.64. The molecule has 1 saturated carbocycles. The van der Waals surface area contributed by atoms with Gasteiger partial charge in [0.15, 0.2) is 0 Å². The molecule has 2 atom stereocenters. The summed E-state index contributed by atoms with van der Waals surface area (Å²) in [5.74, 6) is 0.796. The molecule has 1 aliphatic carbocycles. The van der Waals surface area contributed by atoms with Gasteiger partial charge in [-0.2, -0.15) is 0 Å². The lowest BCUT2D eigenvalue weighted by Gasteiger charge is -2.26. The highest BCUT2D eigenvalue weighted by Gasteiger charge is 2.27. The van der Waals surface area contributed by atoms with Crippen molar-refractivity contribution in [3.8, 4) is 0 Å². The van der Waals surface area contributed by atoms with Crippen molar-refractivity contribution in [1.82, 2.24) is 10.2 Å². The van der Waals surface area contributed by atoms with Crippen molar-refractivity contribution < 1.29 is 5.11 Å². The van der Waals surface area contributed by atoms with Gasteiger partial charge in [0.2, 0.25) is 0 Å². The van der Waals surface area contributed by atoms with Crippen LogP contribution in [0.4, 0.5) is 0 Å². The highest BCUT2D eigenvalue weighted by molar-refractivity contribution is 4.86. The van der Waals surface area contributed by atoms with Gasteiger partial charge in [-0.1, -0.05) is 0 Å². The van der Waals surface area contributed by atoms with E-state index in [9.17, 15) is 5.11 Å². The van der Waals surface area contributed by atoms with Crippen molar-refractivity contribution >= 4 is 0 Å². The number of rotatable bonds is 3. The second-order valence-electron chi connectivity index (χ2n) is 5.80. The van der Waals surface area contributed by atoms with Gasteiger partial charge in [-0.25, -0.2) is 0 Å². The lowest BCUT2D eigenvalue weighted by molar-refractivity contribution is 0.107. The Labute approximate surface area is 99.2 Å². The molecule has 2 aliphatic rings. The molecule has 2 fully saturated rings. The largest absolute Gasteiger partial charge is 0.393 e. The van der Waals surface area contributed by atoms with Crippen molar-refractivity contribution in [2.24, 2.45) is 5.92 Å². The maximum Gasteiger partial charge on any atom is 0.0540 e. The van der Waals surface area contributed by atoms with Crippen LogP contribution in [0.25, 0.3) is 0 Å². The third-order valence-corrected chi connectivity index (χ3v) is 4.40. The van der Waals surface area contributed by atoms with Crippen LogP contribution in [0.15, 0.2) is 0 Å². The number of nitrogens with one attached hydrogen (secondary N) is 1. The van der Waals surface area contributed by atoms with Gasteiger partial charge in [-0.05, 0) is 58.5 Å². The van der Waals surface area contributed by atoms with E-state index in [1.54, 1.807) is 0 Å². The van der Waals surface area contributed by atoms with Gasteiger partial charge in [0.05, 0.1) is 6.10 Å². The molecule has 0 aromatic heterocycles. The Morgan fingerprint density at radius 3 is 2.50 bits per heavy atom. The summed E-state index contributed by atoms with van der Waals surface area (Å²) >= 11 is 0. The second-order valence-corrected chi connectivity index (χ2v) is 5.80. The van der Waals surface area contributed by atoms with Crippen molar-refractivity contribution in [2.45, 2.75) is 57.2 Å². The molecule has 94 valence electrons. The van der Waals surface area contributed by atoms with Crippen LogP contribution in [0.5, 0.6) is 0 Å². The van der Waals surface area contributed by atoms with Gasteiger partial charge < -0.3 is 15.3 Å². The summed E-state index contributed by atoms with van der Waals surface area (Å²) in [4.78, 5) is 2.43. The zero-order chi connectivity index (χ0) is 11.5. The van der Waals surface area contributed by atoms with Crippen LogP contribution < -0.4 is 5.32 Å². The molecule has 3 nitrogen and oxygen atoms in total. The van der Waals surface area contributed by atoms with Gasteiger partial charge >= 0.3 is 0 Å². The monoisotopic (exact) mass is 226 g/mol. The molecule has 2 rings (SSSR count). The van der Waals surface area contributed by atoms with Crippen LogP contribution in [-0.2, 0) is 0 Å². The van der Waals surface area contributed by atoms with E-state index in [1.807, 2.05) is 0 Å². The van der Waals surface area contributed by atoms with Crippen LogP contribution in [0.1, 0.15) is 39.0 Å². The Morgan fingerprint density at radius 1 is 1.25 bits per heavy atom. The molecule has 16 heavy (non-hydrogen) atoms. The van der Waals surface area contributed by atoms with E-state index in [-0.39, 0.29) is 6.10 Å². The molecular weight excluding hydrogens is 200 g/mol. The summed E-state index contributed by atoms with van der Waals surface area (Å²) in [5.41, 5.74) is 0. The Bertz CT molecular complexity index is 204. The van der Waals surface area contributed by atoms with Crippen LogP contribution in [0.3, 0.4) is 0 Å². The van der Waals surface area contributed by atoms with Gasteiger partial charge in [0.25, 0.3) is 0 Å². The minimum Gasteiger partial charge on any atom is -0.393 e. The summed E-state index contributed by atoms with van der Waals surface area (Å²) in [6.45, 7) is 4.65. The third-order valence-electron chi connectivity index (χ3n) is 4.40. The average molecular weight is 226 g/mol. The molecule has 0 aromatic rings. The zero-order valence-electron chi connectivity index (χ0n) is 10.7. The fraction of sp³-hybridized carbons (Fsp3) is 1.00. The molecule has 1 aliphatic heterocycles. The molecular formula is C13H26N2O. The fourth-order valence-electron chi connectivity index (χ4n) is 3.02. The molecule has 2 N–H and O–H groups in total. The molecule has 0 bridgehead atoms. The molecule has 2 unspecified atom stereocenters. The summed E-state index contributed by atoms with van der Waals surface area (Å²) in [6, 6.07) is 1.41. The highest BCUT2D eigenvalue weighted by atomic mass is 16.3. The molecule has 0 radical (unpaired) electrons. The van der Waals surface area contributed by atoms with Crippen molar-refractivity contribution in [2.75, 3.05) is 20.1 Å². The number of likely N-dealkylation sites (tertiary alicyclic amines) is 1. The smallest absolute Gasteiger partial charge is 0.0540 e. The fourth-order valence-corrected chi connectivity index (χ4v) is 3.02. The first kappa shape index (κ1) is 12.3. The van der Waals surface area contributed by atoms with E-state index in [4.69, 9.17) is 0 Å². The number of likely N-dealkylation sites (N-methyl/N-ethyl adjacent to an activating group) is 1. The summed E-state index contributed by atoms with van der Waals surface area (Å²) < 4.78 is 0. The normalized spacial score (nSPS) is 41.4. The average Bonchev–Trinajstić information content (AvgIpc) is 2.58. The topological polar surface area (TPSA) is 35.5 Å². The van der Waals surface area contributed by atoms with Crippen LogP contribution in [-0.4, -0.2) is 48.3 Å². The Hall–Kier alpha value is -0.120. The van der Waals surface area contributed by atoms with E-state index in [0.29, 0.717) is 6.04 Å². The van der Waals surface area contributed by atoms with E-state index in [1.165, 1.54) is 25.8 Å². The molecule has 1 heterocycles. The number of hydrogen-bond acceptors (Lipinski definition) is 3. The van der Waals surface area contributed by atoms with Crippen LogP contribution >= 0.6 is 0 Å². The number of aliphatic hydroxyl groups excluding tert-OH is 1. The van der Waals surface area contributed by atoms with Crippen molar-refractivity contribution in [1.29, 1.82) is 0 Å². The number of nitrogens with zero attached hydrogens (tertiary/aromatic N) is 1. The Morgan fingerprint density at radius 2 is 1.94 bits per heavy atom. The quantitative estimate of drug-likeness (QED) is 0.759. The van der Waals surface area contributed by atoms with Crippen molar-refractivity contribution in [3.63, 3.8) is 0 Å². The first-order chi connectivity index (χ1) is 7.65. The minimum absolute atomic E-state index is 0.0195. The molecule has 0 spiro atoms. The maximum atomic E-state index is 9.45. The van der Waals surface area contributed by atoms with Gasteiger partial charge in [-0.3, -0.25) is 0 Å². The van der Waals surface area contributed by atoms with E-state index < -0.39 is 0 Å². The van der Waals surface area contributed by atoms with E-state index in [2.05, 4.69) is 24.2 Å². The molecule has 3 heteroatoms. The van der Waals surface area contributed by atoms with E-state index >= 15 is 0 Å². The first-order valence-corrected chi connectivity index (χ1v) is 6.77. The van der Waals surface area contributed by atoms with Gasteiger partial charge in [-0.15, -0.1) is 0 Å². The summed E-state index contributed by atoms with van der Waals surface area (Å²) in [6.07, 6.45) is 5.68. The predicted octanol–water partition coefficient (Wildman–Crippen LogP) is 1.22.